The Kier molecular flexibility index (Phi) is 12.8. The van der Waals surface area contributed by atoms with Crippen LogP contribution in [0.3, 0.4) is 0 Å². The van der Waals surface area contributed by atoms with E-state index in [1.165, 1.54) is 0 Å². The first-order valence-electron chi connectivity index (χ1n) is 14.8. The second-order valence-electron chi connectivity index (χ2n) is 10.5. The number of nitrogens with one attached hydrogen (secondary N) is 2. The lowest BCUT2D eigenvalue weighted by Gasteiger charge is -2.12. The predicted molar refractivity (Wildman–Crippen MR) is 194 cm³/mol. The smallest absolute Gasteiger partial charge is 0.147 e. The predicted octanol–water partition coefficient (Wildman–Crippen LogP) is 6.94. The Bertz CT molecular complexity index is 1570. The summed E-state index contributed by atoms with van der Waals surface area (Å²) in [4.78, 5) is 0. The molecular formula is C32H34Br4N8O2. The van der Waals surface area contributed by atoms with Crippen molar-refractivity contribution in [2.45, 2.75) is 25.9 Å². The Morgan fingerprint density at radius 3 is 1.33 bits per heavy atom. The van der Waals surface area contributed by atoms with Gasteiger partial charge in [0, 0.05) is 37.3 Å². The molecule has 0 amide bonds. The van der Waals surface area contributed by atoms with Crippen LogP contribution in [0.5, 0.6) is 11.5 Å². The lowest BCUT2D eigenvalue weighted by atomic mass is 10.1. The Morgan fingerprint density at radius 2 is 0.978 bits per heavy atom. The molecule has 2 aromatic heterocycles. The molecule has 5 rings (SSSR count). The van der Waals surface area contributed by atoms with Crippen LogP contribution in [0.25, 0.3) is 22.5 Å². The molecule has 2 N–H and O–H groups in total. The van der Waals surface area contributed by atoms with Gasteiger partial charge in [-0.25, -0.2) is 0 Å². The van der Waals surface area contributed by atoms with Crippen LogP contribution >= 0.6 is 63.7 Å². The molecule has 46 heavy (non-hydrogen) atoms. The van der Waals surface area contributed by atoms with E-state index >= 15 is 0 Å². The monoisotopic (exact) mass is 878 g/mol. The van der Waals surface area contributed by atoms with Gasteiger partial charge in [-0.15, -0.1) is 10.2 Å². The molecule has 5 aromatic rings. The summed E-state index contributed by atoms with van der Waals surface area (Å²) in [7, 11) is 3.81. The molecule has 0 radical (unpaired) electrons. The van der Waals surface area contributed by atoms with Gasteiger partial charge in [0.1, 0.15) is 36.1 Å². The first-order valence-corrected chi connectivity index (χ1v) is 17.9. The van der Waals surface area contributed by atoms with Crippen LogP contribution in [-0.2, 0) is 25.9 Å². The molecule has 0 aliphatic carbocycles. The zero-order chi connectivity index (χ0) is 32.5. The van der Waals surface area contributed by atoms with Crippen LogP contribution in [0, 0.1) is 0 Å². The number of ether oxygens (including phenoxy) is 2. The summed E-state index contributed by atoms with van der Waals surface area (Å²) in [6.07, 6.45) is 5.55. The number of likely N-dealkylation sites (N-methyl/N-ethyl adjacent to an activating group) is 2. The minimum Gasteiger partial charge on any atom is -0.490 e. The van der Waals surface area contributed by atoms with Gasteiger partial charge in [-0.1, -0.05) is 34.7 Å². The highest BCUT2D eigenvalue weighted by Crippen LogP contribution is 2.36. The van der Waals surface area contributed by atoms with Crippen LogP contribution in [0.1, 0.15) is 11.1 Å². The largest absolute Gasteiger partial charge is 0.490 e. The molecule has 14 heteroatoms. The van der Waals surface area contributed by atoms with Crippen molar-refractivity contribution in [1.29, 1.82) is 0 Å². The second kappa shape index (κ2) is 17.0. The molecule has 0 saturated carbocycles. The molecule has 0 bridgehead atoms. The third-order valence-corrected chi connectivity index (χ3v) is 9.48. The maximum absolute atomic E-state index is 5.87. The Labute approximate surface area is 302 Å². The van der Waals surface area contributed by atoms with Crippen molar-refractivity contribution in [3.63, 3.8) is 0 Å². The number of nitrogens with zero attached hydrogens (tertiary/aromatic N) is 6. The van der Waals surface area contributed by atoms with Crippen molar-refractivity contribution in [2.24, 2.45) is 0 Å². The van der Waals surface area contributed by atoms with E-state index in [0.717, 1.165) is 89.0 Å². The number of halogens is 4. The minimum atomic E-state index is 0.594. The van der Waals surface area contributed by atoms with E-state index in [-0.39, 0.29) is 0 Å². The first-order chi connectivity index (χ1) is 22.3. The van der Waals surface area contributed by atoms with Gasteiger partial charge >= 0.3 is 0 Å². The van der Waals surface area contributed by atoms with Gasteiger partial charge < -0.3 is 20.1 Å². The average molecular weight is 882 g/mol. The van der Waals surface area contributed by atoms with Crippen molar-refractivity contribution < 1.29 is 9.47 Å². The fraction of sp³-hybridized carbons (Fsp3) is 0.312. The van der Waals surface area contributed by atoms with Gasteiger partial charge in [-0.05, 0) is 126 Å². The Balaban J connectivity index is 1.15. The van der Waals surface area contributed by atoms with Gasteiger partial charge in [0.05, 0.1) is 30.3 Å². The lowest BCUT2D eigenvalue weighted by Crippen LogP contribution is -2.16. The first kappa shape index (κ1) is 34.7. The minimum absolute atomic E-state index is 0.594. The van der Waals surface area contributed by atoms with Crippen LogP contribution in [0.2, 0.25) is 0 Å². The Morgan fingerprint density at radius 1 is 0.609 bits per heavy atom. The molecule has 0 atom stereocenters. The maximum Gasteiger partial charge on any atom is 0.147 e. The molecule has 0 spiro atoms. The van der Waals surface area contributed by atoms with Crippen molar-refractivity contribution in [3.05, 3.63) is 89.9 Å². The van der Waals surface area contributed by atoms with E-state index in [1.807, 2.05) is 60.1 Å². The summed E-state index contributed by atoms with van der Waals surface area (Å²) < 4.78 is 19.2. The van der Waals surface area contributed by atoms with E-state index in [2.05, 4.69) is 119 Å². The quantitative estimate of drug-likeness (QED) is 0.103. The van der Waals surface area contributed by atoms with Gasteiger partial charge in [-0.2, -0.15) is 0 Å². The molecule has 3 aromatic carbocycles. The average Bonchev–Trinajstić information content (AvgIpc) is 3.72. The van der Waals surface area contributed by atoms with Gasteiger partial charge in [0.15, 0.2) is 0 Å². The summed E-state index contributed by atoms with van der Waals surface area (Å²) in [5.74, 6) is 1.62. The molecule has 0 unspecified atom stereocenters. The number of aryl methyl sites for hydroxylation is 4. The van der Waals surface area contributed by atoms with E-state index in [4.69, 9.17) is 9.47 Å². The standard InChI is InChI=1S/C32H34Br4N8O2/c1-37-9-13-45-31-25(33)15-21(16-26(31)34)7-11-43-19-29(39-41-43)23-3-5-24(6-4-23)30-20-44(42-40-30)12-8-22-17-27(35)32(28(36)18-22)46-14-10-38-2/h3-6,15-20,37-38H,7-14H2,1-2H3. The summed E-state index contributed by atoms with van der Waals surface area (Å²) in [6, 6.07) is 16.5. The fourth-order valence-electron chi connectivity index (χ4n) is 4.68. The van der Waals surface area contributed by atoms with Gasteiger partial charge in [0.25, 0.3) is 0 Å². The number of benzene rings is 3. The number of rotatable bonds is 16. The molecule has 0 fully saturated rings. The summed E-state index contributed by atoms with van der Waals surface area (Å²) >= 11 is 14.6. The fourth-order valence-corrected chi connectivity index (χ4v) is 7.70. The van der Waals surface area contributed by atoms with Gasteiger partial charge in [-0.3, -0.25) is 9.36 Å². The van der Waals surface area contributed by atoms with Crippen molar-refractivity contribution in [2.75, 3.05) is 40.4 Å². The molecule has 2 heterocycles. The van der Waals surface area contributed by atoms with Crippen LogP contribution in [0.4, 0.5) is 0 Å². The summed E-state index contributed by atoms with van der Waals surface area (Å²) in [5, 5.41) is 23.7. The lowest BCUT2D eigenvalue weighted by molar-refractivity contribution is 0.314. The highest BCUT2D eigenvalue weighted by atomic mass is 79.9. The van der Waals surface area contributed by atoms with Crippen LogP contribution in [-0.4, -0.2) is 70.4 Å². The number of hydrogen-bond donors (Lipinski definition) is 2. The normalized spacial score (nSPS) is 11.3. The molecule has 10 nitrogen and oxygen atoms in total. The van der Waals surface area contributed by atoms with E-state index in [1.54, 1.807) is 0 Å². The summed E-state index contributed by atoms with van der Waals surface area (Å²) in [6.45, 7) is 4.16. The van der Waals surface area contributed by atoms with E-state index in [9.17, 15) is 0 Å². The zero-order valence-electron chi connectivity index (χ0n) is 25.4. The molecule has 242 valence electrons. The third-order valence-electron chi connectivity index (χ3n) is 7.13. The maximum atomic E-state index is 5.87. The van der Waals surface area contributed by atoms with E-state index in [0.29, 0.717) is 26.3 Å². The second-order valence-corrected chi connectivity index (χ2v) is 13.9. The van der Waals surface area contributed by atoms with Crippen molar-refractivity contribution >= 4 is 63.7 Å². The highest BCUT2D eigenvalue weighted by Gasteiger charge is 2.12. The molecular weight excluding hydrogens is 848 g/mol. The number of aromatic nitrogens is 6. The number of hydrogen-bond acceptors (Lipinski definition) is 8. The molecule has 0 aliphatic rings. The van der Waals surface area contributed by atoms with Crippen LogP contribution in [0.15, 0.2) is 78.8 Å². The Hall–Kier alpha value is -2.62. The summed E-state index contributed by atoms with van der Waals surface area (Å²) in [5.41, 5.74) is 5.95. The van der Waals surface area contributed by atoms with Crippen molar-refractivity contribution in [1.82, 2.24) is 40.6 Å². The molecule has 0 aliphatic heterocycles. The van der Waals surface area contributed by atoms with Gasteiger partial charge in [0.2, 0.25) is 0 Å². The van der Waals surface area contributed by atoms with Crippen molar-refractivity contribution in [3.8, 4) is 34.0 Å². The zero-order valence-corrected chi connectivity index (χ0v) is 31.8. The third kappa shape index (κ3) is 9.26. The SMILES string of the molecule is CNCCOc1c(Br)cc(CCn2cc(-c3ccc(-c4cn(CCc5cc(Br)c(OCCNC)c(Br)c5)nn4)cc3)nn2)cc1Br. The highest BCUT2D eigenvalue weighted by molar-refractivity contribution is 9.11. The van der Waals surface area contributed by atoms with E-state index < -0.39 is 0 Å². The van der Waals surface area contributed by atoms with Crippen LogP contribution < -0.4 is 20.1 Å². The molecule has 0 saturated heterocycles. The topological polar surface area (TPSA) is 104 Å².